The maximum atomic E-state index is 12.2. The number of hydrogen-bond acceptors (Lipinski definition) is 4. The van der Waals surface area contributed by atoms with Crippen molar-refractivity contribution in [1.82, 2.24) is 10.2 Å². The Morgan fingerprint density at radius 2 is 1.94 bits per heavy atom. The van der Waals surface area contributed by atoms with Crippen LogP contribution in [0.4, 0.5) is 18.3 Å². The van der Waals surface area contributed by atoms with Crippen molar-refractivity contribution in [1.29, 1.82) is 0 Å². The summed E-state index contributed by atoms with van der Waals surface area (Å²) in [5.74, 6) is 0.373. The van der Waals surface area contributed by atoms with Gasteiger partial charge in [-0.3, -0.25) is 0 Å². The molecule has 0 spiro atoms. The molecule has 1 aromatic heterocycles. The van der Waals surface area contributed by atoms with E-state index in [4.69, 9.17) is 0 Å². The van der Waals surface area contributed by atoms with Crippen molar-refractivity contribution in [3.05, 3.63) is 5.01 Å². The Labute approximate surface area is 96.1 Å². The van der Waals surface area contributed by atoms with Crippen LogP contribution in [0.5, 0.6) is 0 Å². The van der Waals surface area contributed by atoms with Crippen LogP contribution in [-0.2, 0) is 6.18 Å². The summed E-state index contributed by atoms with van der Waals surface area (Å²) in [7, 11) is 0. The molecule has 0 bridgehead atoms. The molecule has 1 rings (SSSR count). The van der Waals surface area contributed by atoms with Gasteiger partial charge in [-0.2, -0.15) is 13.2 Å². The highest BCUT2D eigenvalue weighted by molar-refractivity contribution is 7.15. The lowest BCUT2D eigenvalue weighted by molar-refractivity contribution is -0.138. The van der Waals surface area contributed by atoms with Gasteiger partial charge in [-0.25, -0.2) is 0 Å². The van der Waals surface area contributed by atoms with E-state index in [0.717, 1.165) is 6.42 Å². The summed E-state index contributed by atoms with van der Waals surface area (Å²) >= 11 is 0.538. The van der Waals surface area contributed by atoms with Crippen LogP contribution in [0.2, 0.25) is 0 Å². The standard InChI is InChI=1S/C9H14F3N3S/c1-4-5(2)6(3)13-8-15-14-7(16-8)9(10,11)12/h5-6H,4H2,1-3H3,(H,13,15). The van der Waals surface area contributed by atoms with Crippen molar-refractivity contribution >= 4 is 16.5 Å². The third-order valence-electron chi connectivity index (χ3n) is 2.52. The molecule has 0 aliphatic rings. The lowest BCUT2D eigenvalue weighted by Gasteiger charge is -2.18. The van der Waals surface area contributed by atoms with Gasteiger partial charge in [0, 0.05) is 6.04 Å². The van der Waals surface area contributed by atoms with Gasteiger partial charge >= 0.3 is 6.18 Å². The summed E-state index contributed by atoms with van der Waals surface area (Å²) in [6.45, 7) is 5.98. The predicted molar refractivity (Wildman–Crippen MR) is 57.5 cm³/mol. The van der Waals surface area contributed by atoms with Crippen molar-refractivity contribution in [2.45, 2.75) is 39.4 Å². The first kappa shape index (κ1) is 13.2. The Hall–Kier alpha value is -0.850. The molecule has 0 saturated carbocycles. The lowest BCUT2D eigenvalue weighted by Crippen LogP contribution is -2.23. The highest BCUT2D eigenvalue weighted by atomic mass is 32.1. The van der Waals surface area contributed by atoms with E-state index in [1.54, 1.807) is 0 Å². The van der Waals surface area contributed by atoms with E-state index < -0.39 is 11.2 Å². The zero-order valence-electron chi connectivity index (χ0n) is 9.30. The van der Waals surface area contributed by atoms with Crippen LogP contribution in [0.1, 0.15) is 32.2 Å². The fourth-order valence-electron chi connectivity index (χ4n) is 1.09. The second kappa shape index (κ2) is 4.99. The molecule has 1 heterocycles. The van der Waals surface area contributed by atoms with Crippen LogP contribution >= 0.6 is 11.3 Å². The zero-order chi connectivity index (χ0) is 12.3. The Kier molecular flexibility index (Phi) is 4.12. The summed E-state index contributed by atoms with van der Waals surface area (Å²) in [6.07, 6.45) is -3.45. The molecule has 0 aromatic carbocycles. The van der Waals surface area contributed by atoms with Crippen LogP contribution in [-0.4, -0.2) is 16.2 Å². The van der Waals surface area contributed by atoms with Crippen molar-refractivity contribution < 1.29 is 13.2 Å². The average Bonchev–Trinajstić information content (AvgIpc) is 2.64. The first-order valence-electron chi connectivity index (χ1n) is 5.01. The molecule has 0 saturated heterocycles. The number of hydrogen-bond donors (Lipinski definition) is 1. The summed E-state index contributed by atoms with van der Waals surface area (Å²) in [5, 5.41) is 8.82. The van der Waals surface area contributed by atoms with Gasteiger partial charge in [0.25, 0.3) is 0 Å². The zero-order valence-corrected chi connectivity index (χ0v) is 10.1. The SMILES string of the molecule is CCC(C)C(C)Nc1nnc(C(F)(F)F)s1. The lowest BCUT2D eigenvalue weighted by atomic mass is 10.0. The van der Waals surface area contributed by atoms with Gasteiger partial charge < -0.3 is 5.32 Å². The number of anilines is 1. The molecule has 0 amide bonds. The highest BCUT2D eigenvalue weighted by Gasteiger charge is 2.35. The van der Waals surface area contributed by atoms with E-state index in [1.807, 2.05) is 20.8 Å². The minimum absolute atomic E-state index is 0.0824. The van der Waals surface area contributed by atoms with Gasteiger partial charge in [-0.1, -0.05) is 31.6 Å². The Morgan fingerprint density at radius 3 is 2.38 bits per heavy atom. The van der Waals surface area contributed by atoms with Crippen LogP contribution in [0.15, 0.2) is 0 Å². The first-order valence-corrected chi connectivity index (χ1v) is 5.83. The highest BCUT2D eigenvalue weighted by Crippen LogP contribution is 2.33. The van der Waals surface area contributed by atoms with E-state index in [-0.39, 0.29) is 11.2 Å². The van der Waals surface area contributed by atoms with Crippen molar-refractivity contribution in [3.63, 3.8) is 0 Å². The van der Waals surface area contributed by atoms with Crippen LogP contribution in [0, 0.1) is 5.92 Å². The molecular weight excluding hydrogens is 239 g/mol. The van der Waals surface area contributed by atoms with Gasteiger partial charge in [0.15, 0.2) is 0 Å². The minimum atomic E-state index is -4.41. The Bertz CT molecular complexity index is 337. The Balaban J connectivity index is 2.66. The second-order valence-corrected chi connectivity index (χ2v) is 4.71. The largest absolute Gasteiger partial charge is 0.445 e. The number of nitrogens with one attached hydrogen (secondary N) is 1. The molecule has 16 heavy (non-hydrogen) atoms. The van der Waals surface area contributed by atoms with Crippen molar-refractivity contribution in [3.8, 4) is 0 Å². The normalized spacial score (nSPS) is 15.9. The van der Waals surface area contributed by atoms with Gasteiger partial charge in [0.05, 0.1) is 0 Å². The molecular formula is C9H14F3N3S. The van der Waals surface area contributed by atoms with Crippen LogP contribution < -0.4 is 5.32 Å². The summed E-state index contributed by atoms with van der Waals surface area (Å²) in [6, 6.07) is 0.0824. The molecule has 1 N–H and O–H groups in total. The summed E-state index contributed by atoms with van der Waals surface area (Å²) in [4.78, 5) is 0. The molecule has 0 aliphatic carbocycles. The molecule has 0 aliphatic heterocycles. The van der Waals surface area contributed by atoms with E-state index in [1.165, 1.54) is 0 Å². The molecule has 1 aromatic rings. The second-order valence-electron chi connectivity index (χ2n) is 3.73. The molecule has 2 atom stereocenters. The molecule has 0 fully saturated rings. The molecule has 3 nitrogen and oxygen atoms in total. The number of halogens is 3. The Morgan fingerprint density at radius 1 is 1.31 bits per heavy atom. The molecule has 7 heteroatoms. The predicted octanol–water partition coefficient (Wildman–Crippen LogP) is 3.40. The summed E-state index contributed by atoms with van der Waals surface area (Å²) < 4.78 is 36.7. The van der Waals surface area contributed by atoms with Crippen molar-refractivity contribution in [2.75, 3.05) is 5.32 Å². The van der Waals surface area contributed by atoms with E-state index >= 15 is 0 Å². The van der Waals surface area contributed by atoms with Crippen LogP contribution in [0.25, 0.3) is 0 Å². The average molecular weight is 253 g/mol. The minimum Gasteiger partial charge on any atom is -0.357 e. The van der Waals surface area contributed by atoms with Gasteiger partial charge in [-0.05, 0) is 12.8 Å². The number of nitrogens with zero attached hydrogens (tertiary/aromatic N) is 2. The van der Waals surface area contributed by atoms with E-state index in [9.17, 15) is 13.2 Å². The topological polar surface area (TPSA) is 37.8 Å². The molecule has 92 valence electrons. The van der Waals surface area contributed by atoms with Gasteiger partial charge in [0.1, 0.15) is 0 Å². The maximum Gasteiger partial charge on any atom is 0.445 e. The van der Waals surface area contributed by atoms with E-state index in [2.05, 4.69) is 15.5 Å². The van der Waals surface area contributed by atoms with Gasteiger partial charge in [0.2, 0.25) is 10.1 Å². The third-order valence-corrected chi connectivity index (χ3v) is 3.42. The summed E-state index contributed by atoms with van der Waals surface area (Å²) in [5.41, 5.74) is 0. The fraction of sp³-hybridized carbons (Fsp3) is 0.778. The quantitative estimate of drug-likeness (QED) is 0.893. The van der Waals surface area contributed by atoms with Crippen LogP contribution in [0.3, 0.4) is 0 Å². The fourth-order valence-corrected chi connectivity index (χ4v) is 1.79. The number of alkyl halides is 3. The van der Waals surface area contributed by atoms with Crippen molar-refractivity contribution in [2.24, 2.45) is 5.92 Å². The maximum absolute atomic E-state index is 12.2. The third kappa shape index (κ3) is 3.33. The molecule has 0 radical (unpaired) electrons. The smallest absolute Gasteiger partial charge is 0.357 e. The van der Waals surface area contributed by atoms with E-state index in [0.29, 0.717) is 17.3 Å². The molecule has 2 unspecified atom stereocenters. The first-order chi connectivity index (χ1) is 7.34. The van der Waals surface area contributed by atoms with Gasteiger partial charge in [-0.15, -0.1) is 10.2 Å². The number of aromatic nitrogens is 2. The number of rotatable bonds is 4. The monoisotopic (exact) mass is 253 g/mol.